The summed E-state index contributed by atoms with van der Waals surface area (Å²) in [7, 11) is 1.65. The van der Waals surface area contributed by atoms with Crippen molar-refractivity contribution in [3.63, 3.8) is 0 Å². The molecule has 2 fully saturated rings. The van der Waals surface area contributed by atoms with E-state index in [0.717, 1.165) is 29.7 Å². The maximum absolute atomic E-state index is 13.2. The number of nitrogens with one attached hydrogen (secondary N) is 1. The lowest BCUT2D eigenvalue weighted by Crippen LogP contribution is -2.48. The number of benzene rings is 1. The largest absolute Gasteiger partial charge is 0.598 e. The van der Waals surface area contributed by atoms with Gasteiger partial charge in [-0.15, -0.1) is 4.72 Å². The van der Waals surface area contributed by atoms with Gasteiger partial charge in [-0.05, 0) is 77.0 Å². The Bertz CT molecular complexity index is 896. The third kappa shape index (κ3) is 6.84. The Hall–Kier alpha value is -1.03. The van der Waals surface area contributed by atoms with Gasteiger partial charge in [0, 0.05) is 35.0 Å². The molecule has 1 N–H and O–H groups in total. The third-order valence-electron chi connectivity index (χ3n) is 6.70. The Kier molecular flexibility index (Phi) is 9.09. The summed E-state index contributed by atoms with van der Waals surface area (Å²) < 4.78 is 33.3. The van der Waals surface area contributed by atoms with Crippen LogP contribution in [0.1, 0.15) is 84.4 Å². The Labute approximate surface area is 218 Å². The van der Waals surface area contributed by atoms with Gasteiger partial charge in [0.15, 0.2) is 11.9 Å². The van der Waals surface area contributed by atoms with Crippen molar-refractivity contribution in [2.75, 3.05) is 26.8 Å². The zero-order valence-electron chi connectivity index (χ0n) is 22.3. The molecule has 0 radical (unpaired) electrons. The standard InChI is InChI=1S/C26H41ClN2O5S/c1-16(2)18-14-21(32-8)19(13-20(18)27)23(28-35(31)25(3,4)5)17-9-11-29(12-10-17)24(30)22-15-33-26(6,7)34-22/h13-14,16-17,22-23,28H,9-12,15H2,1-8H3/t22-,23?,35?/m1/s1. The number of halogens is 1. The number of amides is 1. The molecule has 2 aliphatic rings. The summed E-state index contributed by atoms with van der Waals surface area (Å²) in [6.45, 7) is 15.2. The smallest absolute Gasteiger partial charge is 0.254 e. The van der Waals surface area contributed by atoms with Gasteiger partial charge in [-0.1, -0.05) is 25.4 Å². The molecule has 2 heterocycles. The van der Waals surface area contributed by atoms with Crippen LogP contribution >= 0.6 is 11.6 Å². The number of ether oxygens (including phenoxy) is 3. The van der Waals surface area contributed by atoms with Crippen LogP contribution < -0.4 is 9.46 Å². The number of hydrogen-bond acceptors (Lipinski definition) is 6. The Morgan fingerprint density at radius 1 is 1.26 bits per heavy atom. The summed E-state index contributed by atoms with van der Waals surface area (Å²) in [4.78, 5) is 14.9. The minimum absolute atomic E-state index is 0.0290. The summed E-state index contributed by atoms with van der Waals surface area (Å²) in [6, 6.07) is 3.72. The van der Waals surface area contributed by atoms with Crippen molar-refractivity contribution in [1.29, 1.82) is 0 Å². The van der Waals surface area contributed by atoms with Crippen molar-refractivity contribution in [3.8, 4) is 5.75 Å². The van der Waals surface area contributed by atoms with Gasteiger partial charge >= 0.3 is 0 Å². The molecular weight excluding hydrogens is 488 g/mol. The monoisotopic (exact) mass is 528 g/mol. The van der Waals surface area contributed by atoms with Crippen LogP contribution in [0.4, 0.5) is 0 Å². The maximum Gasteiger partial charge on any atom is 0.254 e. The number of nitrogens with zero attached hydrogens (tertiary/aromatic N) is 1. The van der Waals surface area contributed by atoms with Crippen LogP contribution in [0.25, 0.3) is 0 Å². The van der Waals surface area contributed by atoms with Gasteiger partial charge in [0.25, 0.3) is 5.91 Å². The first-order chi connectivity index (χ1) is 16.2. The van der Waals surface area contributed by atoms with Crippen molar-refractivity contribution in [1.82, 2.24) is 9.62 Å². The van der Waals surface area contributed by atoms with Crippen LogP contribution in [0.5, 0.6) is 5.75 Å². The van der Waals surface area contributed by atoms with Crippen molar-refractivity contribution in [2.45, 2.75) is 89.9 Å². The molecule has 2 unspecified atom stereocenters. The lowest BCUT2D eigenvalue weighted by molar-refractivity contribution is -0.161. The van der Waals surface area contributed by atoms with Gasteiger partial charge in [0.05, 0.1) is 19.8 Å². The number of rotatable bonds is 7. The number of likely N-dealkylation sites (tertiary alicyclic amines) is 1. The number of carbonyl (C=O) groups is 1. The van der Waals surface area contributed by atoms with E-state index in [1.165, 1.54) is 0 Å². The second kappa shape index (κ2) is 11.2. The van der Waals surface area contributed by atoms with Crippen LogP contribution in [-0.2, 0) is 25.6 Å². The highest BCUT2D eigenvalue weighted by molar-refractivity contribution is 7.90. The van der Waals surface area contributed by atoms with E-state index in [4.69, 9.17) is 25.8 Å². The fourth-order valence-corrected chi connectivity index (χ4v) is 5.91. The molecular formula is C26H41ClN2O5S. The fourth-order valence-electron chi connectivity index (χ4n) is 4.62. The first-order valence-corrected chi connectivity index (χ1v) is 13.9. The average Bonchev–Trinajstić information content (AvgIpc) is 3.15. The van der Waals surface area contributed by atoms with Crippen LogP contribution in [0.15, 0.2) is 12.1 Å². The zero-order chi connectivity index (χ0) is 26.1. The first-order valence-electron chi connectivity index (χ1n) is 12.4. The molecule has 2 saturated heterocycles. The summed E-state index contributed by atoms with van der Waals surface area (Å²) >= 11 is 5.39. The number of carbonyl (C=O) groups excluding carboxylic acids is 1. The van der Waals surface area contributed by atoms with Gasteiger partial charge in [-0.2, -0.15) is 0 Å². The van der Waals surface area contributed by atoms with E-state index in [0.29, 0.717) is 18.1 Å². The Balaban J connectivity index is 1.83. The second-order valence-corrected chi connectivity index (χ2v) is 13.6. The number of hydrogen-bond donors (Lipinski definition) is 1. The molecule has 3 rings (SSSR count). The van der Waals surface area contributed by atoms with Gasteiger partial charge in [-0.25, -0.2) is 0 Å². The van der Waals surface area contributed by atoms with E-state index in [1.807, 2.05) is 51.7 Å². The quantitative estimate of drug-likeness (QED) is 0.504. The highest BCUT2D eigenvalue weighted by atomic mass is 35.5. The third-order valence-corrected chi connectivity index (χ3v) is 8.61. The predicted molar refractivity (Wildman–Crippen MR) is 140 cm³/mol. The van der Waals surface area contributed by atoms with E-state index >= 15 is 0 Å². The molecule has 35 heavy (non-hydrogen) atoms. The molecule has 198 valence electrons. The molecule has 2 aliphatic heterocycles. The summed E-state index contributed by atoms with van der Waals surface area (Å²) in [5.41, 5.74) is 1.92. The molecule has 1 aromatic carbocycles. The number of piperidine rings is 1. The Morgan fingerprint density at radius 3 is 2.37 bits per heavy atom. The van der Waals surface area contributed by atoms with E-state index in [-0.39, 0.29) is 30.4 Å². The lowest BCUT2D eigenvalue weighted by atomic mass is 9.84. The van der Waals surface area contributed by atoms with Crippen molar-refractivity contribution in [2.24, 2.45) is 5.92 Å². The summed E-state index contributed by atoms with van der Waals surface area (Å²) in [6.07, 6.45) is 0.953. The van der Waals surface area contributed by atoms with E-state index in [1.54, 1.807) is 7.11 Å². The molecule has 9 heteroatoms. The highest BCUT2D eigenvalue weighted by Gasteiger charge is 2.41. The molecule has 0 saturated carbocycles. The van der Waals surface area contributed by atoms with E-state index in [2.05, 4.69) is 18.6 Å². The SMILES string of the molecule is COc1cc(C(C)C)c(Cl)cc1C(N[S+]([O-])C(C)(C)C)C1CCN(C(=O)[C@H]2COC(C)(C)O2)CC1. The van der Waals surface area contributed by atoms with Crippen LogP contribution in [0.2, 0.25) is 5.02 Å². The lowest BCUT2D eigenvalue weighted by Gasteiger charge is -2.38. The van der Waals surface area contributed by atoms with Gasteiger partial charge in [0.1, 0.15) is 10.5 Å². The minimum Gasteiger partial charge on any atom is -0.598 e. The molecule has 0 spiro atoms. The maximum atomic E-state index is 13.2. The zero-order valence-corrected chi connectivity index (χ0v) is 23.8. The van der Waals surface area contributed by atoms with Gasteiger partial charge < -0.3 is 23.7 Å². The topological polar surface area (TPSA) is 83.1 Å². The van der Waals surface area contributed by atoms with Crippen molar-refractivity contribution >= 4 is 28.9 Å². The van der Waals surface area contributed by atoms with Crippen LogP contribution in [-0.4, -0.2) is 58.8 Å². The first kappa shape index (κ1) is 28.5. The molecule has 0 bridgehead atoms. The molecule has 1 amide bonds. The number of methoxy groups -OCH3 is 1. The van der Waals surface area contributed by atoms with Crippen LogP contribution in [0, 0.1) is 5.92 Å². The highest BCUT2D eigenvalue weighted by Crippen LogP contribution is 2.41. The second-order valence-electron chi connectivity index (χ2n) is 11.2. The predicted octanol–water partition coefficient (Wildman–Crippen LogP) is 4.96. The molecule has 7 nitrogen and oxygen atoms in total. The van der Waals surface area contributed by atoms with E-state index < -0.39 is 28.0 Å². The van der Waals surface area contributed by atoms with Crippen LogP contribution in [0.3, 0.4) is 0 Å². The van der Waals surface area contributed by atoms with Crippen molar-refractivity contribution in [3.05, 3.63) is 28.3 Å². The van der Waals surface area contributed by atoms with Crippen molar-refractivity contribution < 1.29 is 23.6 Å². The average molecular weight is 529 g/mol. The minimum atomic E-state index is -1.29. The van der Waals surface area contributed by atoms with Gasteiger partial charge in [0.2, 0.25) is 0 Å². The summed E-state index contributed by atoms with van der Waals surface area (Å²) in [5, 5.41) is 0.678. The van der Waals surface area contributed by atoms with E-state index in [9.17, 15) is 9.35 Å². The molecule has 0 aromatic heterocycles. The molecule has 3 atom stereocenters. The molecule has 1 aromatic rings. The summed E-state index contributed by atoms with van der Waals surface area (Å²) in [5.74, 6) is 0.374. The van der Waals surface area contributed by atoms with Gasteiger partial charge in [-0.3, -0.25) is 4.79 Å². The normalized spacial score (nSPS) is 22.9. The molecule has 0 aliphatic carbocycles. The fraction of sp³-hybridized carbons (Fsp3) is 0.731. The Morgan fingerprint density at radius 2 is 1.89 bits per heavy atom.